The number of rotatable bonds is 9. The maximum absolute atomic E-state index is 12.9. The molecule has 23 heavy (non-hydrogen) atoms. The molecule has 2 atom stereocenters. The van der Waals surface area contributed by atoms with Gasteiger partial charge in [-0.05, 0) is 12.5 Å². The van der Waals surface area contributed by atoms with Crippen molar-refractivity contribution in [2.24, 2.45) is 0 Å². The minimum absolute atomic E-state index is 0.0521. The molecule has 0 bridgehead atoms. The highest BCUT2D eigenvalue weighted by atomic mass is 19.4. The summed E-state index contributed by atoms with van der Waals surface area (Å²) in [6, 6.07) is 8.43. The molecule has 0 saturated heterocycles. The van der Waals surface area contributed by atoms with E-state index in [9.17, 15) is 18.0 Å². The number of hydrogen-bond acceptors (Lipinski definition) is 5. The fourth-order valence-corrected chi connectivity index (χ4v) is 1.64. The van der Waals surface area contributed by atoms with Gasteiger partial charge in [0.15, 0.2) is 0 Å². The lowest BCUT2D eigenvalue weighted by Crippen LogP contribution is -2.41. The van der Waals surface area contributed by atoms with Gasteiger partial charge in [-0.25, -0.2) is 4.79 Å². The van der Waals surface area contributed by atoms with E-state index in [1.165, 1.54) is 14.0 Å². The molecule has 1 aromatic carbocycles. The Morgan fingerprint density at radius 1 is 1.17 bits per heavy atom. The van der Waals surface area contributed by atoms with Crippen molar-refractivity contribution in [2.75, 3.05) is 27.1 Å². The second kappa shape index (κ2) is 9.49. The van der Waals surface area contributed by atoms with Crippen molar-refractivity contribution in [3.63, 3.8) is 0 Å². The van der Waals surface area contributed by atoms with Gasteiger partial charge in [0.05, 0.1) is 13.2 Å². The highest BCUT2D eigenvalue weighted by Crippen LogP contribution is 2.26. The summed E-state index contributed by atoms with van der Waals surface area (Å²) in [5.74, 6) is -1.51. The molecule has 0 radical (unpaired) electrons. The first kappa shape index (κ1) is 19.4. The Kier molecular flexibility index (Phi) is 8.01. The van der Waals surface area contributed by atoms with E-state index in [0.717, 1.165) is 0 Å². The van der Waals surface area contributed by atoms with Crippen molar-refractivity contribution in [3.8, 4) is 0 Å². The van der Waals surface area contributed by atoms with Crippen LogP contribution in [0.4, 0.5) is 13.2 Å². The zero-order chi connectivity index (χ0) is 17.3. The smallest absolute Gasteiger partial charge is 0.425 e. The summed E-state index contributed by atoms with van der Waals surface area (Å²) in [5, 5.41) is 0. The van der Waals surface area contributed by atoms with Crippen LogP contribution in [0.1, 0.15) is 18.6 Å². The van der Waals surface area contributed by atoms with Gasteiger partial charge >= 0.3 is 12.1 Å². The first-order chi connectivity index (χ1) is 10.9. The third kappa shape index (κ3) is 6.98. The van der Waals surface area contributed by atoms with Crippen molar-refractivity contribution in [1.82, 2.24) is 0 Å². The van der Waals surface area contributed by atoms with E-state index >= 15 is 0 Å². The van der Waals surface area contributed by atoms with Gasteiger partial charge in [0.25, 0.3) is 6.10 Å². The van der Waals surface area contributed by atoms with E-state index in [4.69, 9.17) is 9.47 Å². The molecule has 1 unspecified atom stereocenters. The first-order valence-corrected chi connectivity index (χ1v) is 6.86. The minimum Gasteiger partial charge on any atom is -0.456 e. The van der Waals surface area contributed by atoms with Crippen LogP contribution in [0.25, 0.3) is 0 Å². The average Bonchev–Trinajstić information content (AvgIpc) is 2.50. The summed E-state index contributed by atoms with van der Waals surface area (Å²) in [5.41, 5.74) is 0.582. The number of alkyl halides is 3. The molecule has 1 aromatic rings. The van der Waals surface area contributed by atoms with Crippen LogP contribution in [0.15, 0.2) is 30.3 Å². The Morgan fingerprint density at radius 3 is 2.39 bits per heavy atom. The molecule has 0 aliphatic rings. The highest BCUT2D eigenvalue weighted by Gasteiger charge is 2.48. The molecule has 8 heteroatoms. The van der Waals surface area contributed by atoms with Gasteiger partial charge < -0.3 is 18.9 Å². The lowest BCUT2D eigenvalue weighted by Gasteiger charge is -2.22. The predicted molar refractivity (Wildman–Crippen MR) is 74.6 cm³/mol. The number of halogens is 3. The Labute approximate surface area is 132 Å². The van der Waals surface area contributed by atoms with Crippen LogP contribution in [-0.2, 0) is 23.7 Å². The van der Waals surface area contributed by atoms with Gasteiger partial charge in [0, 0.05) is 7.11 Å². The second-order valence-corrected chi connectivity index (χ2v) is 4.60. The number of benzene rings is 1. The number of hydrogen-bond donors (Lipinski definition) is 0. The fraction of sp³-hybridized carbons (Fsp3) is 0.533. The Hall–Kier alpha value is -1.64. The van der Waals surface area contributed by atoms with Gasteiger partial charge in [0.2, 0.25) is 0 Å². The molecular weight excluding hydrogens is 317 g/mol. The van der Waals surface area contributed by atoms with Crippen LogP contribution in [0.5, 0.6) is 0 Å². The van der Waals surface area contributed by atoms with Crippen molar-refractivity contribution < 1.29 is 36.9 Å². The Balaban J connectivity index is 2.58. The van der Waals surface area contributed by atoms with Gasteiger partial charge in [-0.1, -0.05) is 30.3 Å². The predicted octanol–water partition coefficient (Wildman–Crippen LogP) is 2.86. The molecule has 0 aromatic heterocycles. The van der Waals surface area contributed by atoms with Crippen LogP contribution >= 0.6 is 0 Å². The maximum Gasteiger partial charge on any atom is 0.425 e. The molecule has 0 aliphatic heterocycles. The fourth-order valence-electron chi connectivity index (χ4n) is 1.64. The van der Waals surface area contributed by atoms with Gasteiger partial charge in [0.1, 0.15) is 12.9 Å². The highest BCUT2D eigenvalue weighted by molar-refractivity contribution is 5.76. The van der Waals surface area contributed by atoms with Crippen LogP contribution < -0.4 is 0 Å². The van der Waals surface area contributed by atoms with Crippen LogP contribution in [-0.4, -0.2) is 45.4 Å². The second-order valence-electron chi connectivity index (χ2n) is 4.60. The quantitative estimate of drug-likeness (QED) is 0.394. The third-order valence-corrected chi connectivity index (χ3v) is 2.82. The molecular formula is C15H19F3O5. The van der Waals surface area contributed by atoms with Crippen molar-refractivity contribution in [1.29, 1.82) is 0 Å². The molecule has 0 amide bonds. The van der Waals surface area contributed by atoms with E-state index < -0.39 is 31.1 Å². The number of esters is 1. The largest absolute Gasteiger partial charge is 0.456 e. The van der Waals surface area contributed by atoms with E-state index in [2.05, 4.69) is 9.47 Å². The third-order valence-electron chi connectivity index (χ3n) is 2.82. The van der Waals surface area contributed by atoms with Gasteiger partial charge in [-0.15, -0.1) is 0 Å². The lowest BCUT2D eigenvalue weighted by molar-refractivity contribution is -0.249. The maximum atomic E-state index is 12.9. The summed E-state index contributed by atoms with van der Waals surface area (Å²) in [4.78, 5) is 11.7. The SMILES string of the molecule is COCCOCO[C@@H](C(=O)OC(C)c1ccccc1)C(F)(F)F. The number of ether oxygens (including phenoxy) is 4. The zero-order valence-corrected chi connectivity index (χ0v) is 12.8. The molecule has 0 N–H and O–H groups in total. The van der Waals surface area contributed by atoms with Gasteiger partial charge in [-0.2, -0.15) is 13.2 Å². The monoisotopic (exact) mass is 336 g/mol. The molecule has 0 heterocycles. The molecule has 130 valence electrons. The molecule has 0 saturated carbocycles. The van der Waals surface area contributed by atoms with Crippen LogP contribution in [0.3, 0.4) is 0 Å². The van der Waals surface area contributed by atoms with Gasteiger partial charge in [-0.3, -0.25) is 0 Å². The number of methoxy groups -OCH3 is 1. The topological polar surface area (TPSA) is 54.0 Å². The summed E-state index contributed by atoms with van der Waals surface area (Å²) in [6.45, 7) is 1.05. The molecule has 5 nitrogen and oxygen atoms in total. The number of carbonyl (C=O) groups is 1. The lowest BCUT2D eigenvalue weighted by atomic mass is 10.1. The van der Waals surface area contributed by atoms with Crippen LogP contribution in [0, 0.1) is 0 Å². The molecule has 1 rings (SSSR count). The summed E-state index contributed by atoms with van der Waals surface area (Å²) >= 11 is 0. The zero-order valence-electron chi connectivity index (χ0n) is 12.8. The Bertz CT molecular complexity index is 464. The van der Waals surface area contributed by atoms with Crippen molar-refractivity contribution in [3.05, 3.63) is 35.9 Å². The van der Waals surface area contributed by atoms with E-state index in [0.29, 0.717) is 5.56 Å². The average molecular weight is 336 g/mol. The molecule has 0 spiro atoms. The summed E-state index contributed by atoms with van der Waals surface area (Å²) in [7, 11) is 1.42. The van der Waals surface area contributed by atoms with Crippen molar-refractivity contribution >= 4 is 5.97 Å². The summed E-state index contributed by atoms with van der Waals surface area (Å²) < 4.78 is 57.4. The van der Waals surface area contributed by atoms with E-state index in [-0.39, 0.29) is 13.2 Å². The first-order valence-electron chi connectivity index (χ1n) is 6.86. The standard InChI is InChI=1S/C15H19F3O5/c1-11(12-6-4-3-5-7-12)23-14(19)13(15(16,17)18)22-10-21-9-8-20-2/h3-7,11,13H,8-10H2,1-2H3/t11?,13-/m0/s1. The molecule has 0 aliphatic carbocycles. The van der Waals surface area contributed by atoms with E-state index in [1.807, 2.05) is 0 Å². The van der Waals surface area contributed by atoms with Crippen molar-refractivity contribution in [2.45, 2.75) is 25.3 Å². The Morgan fingerprint density at radius 2 is 1.83 bits per heavy atom. The normalized spacial score (nSPS) is 14.3. The number of carbonyl (C=O) groups excluding carboxylic acids is 1. The molecule has 0 fully saturated rings. The van der Waals surface area contributed by atoms with E-state index in [1.54, 1.807) is 30.3 Å². The summed E-state index contributed by atoms with van der Waals surface area (Å²) in [6.07, 6.45) is -8.42. The minimum atomic E-state index is -4.89. The van der Waals surface area contributed by atoms with Crippen LogP contribution in [0.2, 0.25) is 0 Å².